The van der Waals surface area contributed by atoms with Crippen molar-refractivity contribution in [1.29, 1.82) is 0 Å². The lowest BCUT2D eigenvalue weighted by Gasteiger charge is -2.12. The molecule has 3 nitrogen and oxygen atoms in total. The summed E-state index contributed by atoms with van der Waals surface area (Å²) < 4.78 is 24.2. The molecule has 0 heterocycles. The van der Waals surface area contributed by atoms with Crippen molar-refractivity contribution in [1.82, 2.24) is 0 Å². The molecule has 1 N–H and O–H groups in total. The predicted octanol–water partition coefficient (Wildman–Crippen LogP) is 3.76. The number of hydrogen-bond acceptors (Lipinski definition) is 3. The van der Waals surface area contributed by atoms with Gasteiger partial charge in [-0.25, -0.2) is 4.39 Å². The molecule has 0 saturated carbocycles. The monoisotopic (exact) mass is 275 g/mol. The van der Waals surface area contributed by atoms with Gasteiger partial charge in [0.2, 0.25) is 0 Å². The summed E-state index contributed by atoms with van der Waals surface area (Å²) >= 11 is 0. The molecule has 0 aromatic heterocycles. The van der Waals surface area contributed by atoms with Crippen molar-refractivity contribution in [3.8, 4) is 11.5 Å². The van der Waals surface area contributed by atoms with Gasteiger partial charge in [0.25, 0.3) is 0 Å². The molecule has 0 aliphatic rings. The number of benzene rings is 2. The molecule has 0 spiro atoms. The minimum atomic E-state index is -0.250. The highest BCUT2D eigenvalue weighted by Gasteiger charge is 2.06. The SMILES string of the molecule is COc1cc(CNc2c(C)cccc2F)cc(OC)c1. The van der Waals surface area contributed by atoms with E-state index in [-0.39, 0.29) is 5.82 Å². The second-order valence-electron chi connectivity index (χ2n) is 4.51. The van der Waals surface area contributed by atoms with Gasteiger partial charge in [-0.2, -0.15) is 0 Å². The minimum absolute atomic E-state index is 0.250. The summed E-state index contributed by atoms with van der Waals surface area (Å²) in [6.07, 6.45) is 0. The summed E-state index contributed by atoms with van der Waals surface area (Å²) in [5.74, 6) is 1.18. The molecule has 2 aromatic rings. The molecule has 106 valence electrons. The molecule has 4 heteroatoms. The number of rotatable bonds is 5. The third-order valence-electron chi connectivity index (χ3n) is 3.10. The highest BCUT2D eigenvalue weighted by molar-refractivity contribution is 5.52. The van der Waals surface area contributed by atoms with Crippen molar-refractivity contribution >= 4 is 5.69 Å². The molecule has 20 heavy (non-hydrogen) atoms. The summed E-state index contributed by atoms with van der Waals surface area (Å²) in [4.78, 5) is 0. The van der Waals surface area contributed by atoms with E-state index in [0.29, 0.717) is 23.7 Å². The van der Waals surface area contributed by atoms with Crippen LogP contribution in [0.4, 0.5) is 10.1 Å². The number of nitrogens with one attached hydrogen (secondary N) is 1. The Bertz CT molecular complexity index is 557. The van der Waals surface area contributed by atoms with Gasteiger partial charge in [0, 0.05) is 12.6 Å². The zero-order valence-electron chi connectivity index (χ0n) is 11.9. The van der Waals surface area contributed by atoms with Crippen molar-refractivity contribution in [3.05, 3.63) is 53.3 Å². The molecular weight excluding hydrogens is 257 g/mol. The Labute approximate surface area is 118 Å². The topological polar surface area (TPSA) is 30.5 Å². The fourth-order valence-corrected chi connectivity index (χ4v) is 2.01. The summed E-state index contributed by atoms with van der Waals surface area (Å²) in [5.41, 5.74) is 2.36. The van der Waals surface area contributed by atoms with Gasteiger partial charge in [-0.3, -0.25) is 0 Å². The molecule has 0 aliphatic carbocycles. The van der Waals surface area contributed by atoms with Gasteiger partial charge in [0.1, 0.15) is 17.3 Å². The van der Waals surface area contributed by atoms with Gasteiger partial charge < -0.3 is 14.8 Å². The van der Waals surface area contributed by atoms with E-state index in [1.54, 1.807) is 26.4 Å². The largest absolute Gasteiger partial charge is 0.497 e. The molecule has 0 unspecified atom stereocenters. The van der Waals surface area contributed by atoms with Crippen LogP contribution in [0.5, 0.6) is 11.5 Å². The maximum Gasteiger partial charge on any atom is 0.146 e. The predicted molar refractivity (Wildman–Crippen MR) is 78.0 cm³/mol. The van der Waals surface area contributed by atoms with Crippen LogP contribution in [0.3, 0.4) is 0 Å². The second kappa shape index (κ2) is 6.28. The van der Waals surface area contributed by atoms with E-state index in [0.717, 1.165) is 11.1 Å². The first-order valence-electron chi connectivity index (χ1n) is 6.35. The molecule has 0 radical (unpaired) electrons. The molecule has 0 aliphatic heterocycles. The van der Waals surface area contributed by atoms with Crippen LogP contribution in [0.2, 0.25) is 0 Å². The number of methoxy groups -OCH3 is 2. The molecular formula is C16H18FNO2. The van der Waals surface area contributed by atoms with Gasteiger partial charge in [0.15, 0.2) is 0 Å². The van der Waals surface area contributed by atoms with Crippen LogP contribution in [0.1, 0.15) is 11.1 Å². The first kappa shape index (κ1) is 14.2. The van der Waals surface area contributed by atoms with Crippen LogP contribution >= 0.6 is 0 Å². The zero-order chi connectivity index (χ0) is 14.5. The van der Waals surface area contributed by atoms with Gasteiger partial charge in [0.05, 0.1) is 19.9 Å². The van der Waals surface area contributed by atoms with E-state index in [9.17, 15) is 4.39 Å². The van der Waals surface area contributed by atoms with E-state index in [1.807, 2.05) is 25.1 Å². The molecule has 0 bridgehead atoms. The Morgan fingerprint density at radius 2 is 1.70 bits per heavy atom. The van der Waals surface area contributed by atoms with Crippen LogP contribution in [-0.2, 0) is 6.54 Å². The van der Waals surface area contributed by atoms with E-state index in [1.165, 1.54) is 6.07 Å². The summed E-state index contributed by atoms with van der Waals surface area (Å²) in [5, 5.41) is 3.11. The maximum atomic E-state index is 13.7. The van der Waals surface area contributed by atoms with Gasteiger partial charge >= 0.3 is 0 Å². The van der Waals surface area contributed by atoms with Gasteiger partial charge in [-0.1, -0.05) is 12.1 Å². The number of ether oxygens (including phenoxy) is 2. The lowest BCUT2D eigenvalue weighted by Crippen LogP contribution is -2.04. The Morgan fingerprint density at radius 3 is 2.25 bits per heavy atom. The average Bonchev–Trinajstić information content (AvgIpc) is 2.46. The fourth-order valence-electron chi connectivity index (χ4n) is 2.01. The Morgan fingerprint density at radius 1 is 1.05 bits per heavy atom. The Hall–Kier alpha value is -2.23. The standard InChI is InChI=1S/C16H18FNO2/c1-11-5-4-6-15(17)16(11)18-10-12-7-13(19-2)9-14(8-12)20-3/h4-9,18H,10H2,1-3H3. The van der Waals surface area contributed by atoms with E-state index in [4.69, 9.17) is 9.47 Å². The number of anilines is 1. The lowest BCUT2D eigenvalue weighted by atomic mass is 10.1. The van der Waals surface area contributed by atoms with Crippen molar-refractivity contribution in [2.24, 2.45) is 0 Å². The average molecular weight is 275 g/mol. The fraction of sp³-hybridized carbons (Fsp3) is 0.250. The third-order valence-corrected chi connectivity index (χ3v) is 3.10. The van der Waals surface area contributed by atoms with Crippen molar-refractivity contribution < 1.29 is 13.9 Å². The maximum absolute atomic E-state index is 13.7. The van der Waals surface area contributed by atoms with Crippen LogP contribution in [0.25, 0.3) is 0 Å². The summed E-state index contributed by atoms with van der Waals surface area (Å²) in [7, 11) is 3.21. The molecule has 2 aromatic carbocycles. The highest BCUT2D eigenvalue weighted by Crippen LogP contribution is 2.24. The van der Waals surface area contributed by atoms with Crippen molar-refractivity contribution in [2.45, 2.75) is 13.5 Å². The quantitative estimate of drug-likeness (QED) is 0.901. The summed E-state index contributed by atoms with van der Waals surface area (Å²) in [6, 6.07) is 10.6. The van der Waals surface area contributed by atoms with Crippen molar-refractivity contribution in [2.75, 3.05) is 19.5 Å². The number of halogens is 1. The molecule has 0 fully saturated rings. The van der Waals surface area contributed by atoms with E-state index < -0.39 is 0 Å². The Balaban J connectivity index is 2.18. The number of hydrogen-bond donors (Lipinski definition) is 1. The lowest BCUT2D eigenvalue weighted by molar-refractivity contribution is 0.393. The van der Waals surface area contributed by atoms with Crippen LogP contribution in [-0.4, -0.2) is 14.2 Å². The highest BCUT2D eigenvalue weighted by atomic mass is 19.1. The van der Waals surface area contributed by atoms with Crippen LogP contribution < -0.4 is 14.8 Å². The normalized spacial score (nSPS) is 10.2. The molecule has 0 saturated heterocycles. The van der Waals surface area contributed by atoms with Crippen molar-refractivity contribution in [3.63, 3.8) is 0 Å². The Kier molecular flexibility index (Phi) is 4.45. The van der Waals surface area contributed by atoms with E-state index >= 15 is 0 Å². The smallest absolute Gasteiger partial charge is 0.146 e. The molecule has 0 amide bonds. The molecule has 0 atom stereocenters. The molecule has 2 rings (SSSR count). The minimum Gasteiger partial charge on any atom is -0.497 e. The van der Waals surface area contributed by atoms with Gasteiger partial charge in [-0.05, 0) is 36.2 Å². The number of aryl methyl sites for hydroxylation is 1. The van der Waals surface area contributed by atoms with Crippen LogP contribution in [0.15, 0.2) is 36.4 Å². The first-order valence-corrected chi connectivity index (χ1v) is 6.35. The number of para-hydroxylation sites is 1. The zero-order valence-corrected chi connectivity index (χ0v) is 11.9. The first-order chi connectivity index (χ1) is 9.63. The van der Waals surface area contributed by atoms with Gasteiger partial charge in [-0.15, -0.1) is 0 Å². The second-order valence-corrected chi connectivity index (χ2v) is 4.51. The third kappa shape index (κ3) is 3.20. The summed E-state index contributed by atoms with van der Waals surface area (Å²) in [6.45, 7) is 2.37. The van der Waals surface area contributed by atoms with E-state index in [2.05, 4.69) is 5.32 Å². The van der Waals surface area contributed by atoms with Crippen LogP contribution in [0, 0.1) is 12.7 Å².